The molecule has 0 radical (unpaired) electrons. The van der Waals surface area contributed by atoms with Gasteiger partial charge in [-0.3, -0.25) is 4.79 Å². The number of nitrogens with one attached hydrogen (secondary N) is 1. The molecule has 1 atom stereocenters. The van der Waals surface area contributed by atoms with Gasteiger partial charge in [-0.1, -0.05) is 36.4 Å². The molecule has 0 saturated carbocycles. The molecule has 5 nitrogen and oxygen atoms in total. The third-order valence-electron chi connectivity index (χ3n) is 3.71. The van der Waals surface area contributed by atoms with Crippen LogP contribution in [0, 0.1) is 5.82 Å². The Bertz CT molecular complexity index is 754. The van der Waals surface area contributed by atoms with Crippen molar-refractivity contribution in [1.82, 2.24) is 5.32 Å². The van der Waals surface area contributed by atoms with Gasteiger partial charge >= 0.3 is 12.1 Å². The van der Waals surface area contributed by atoms with Crippen molar-refractivity contribution in [2.24, 2.45) is 0 Å². The molecule has 0 aliphatic carbocycles. The van der Waals surface area contributed by atoms with Crippen LogP contribution in [0.5, 0.6) is 0 Å². The summed E-state index contributed by atoms with van der Waals surface area (Å²) >= 11 is 3.09. The largest absolute Gasteiger partial charge is 0.481 e. The van der Waals surface area contributed by atoms with Crippen LogP contribution in [0.4, 0.5) is 9.18 Å². The zero-order valence-corrected chi connectivity index (χ0v) is 15.5. The van der Waals surface area contributed by atoms with Gasteiger partial charge in [0.25, 0.3) is 0 Å². The molecule has 7 heteroatoms. The number of hydrogen-bond acceptors (Lipinski definition) is 3. The number of carbonyl (C=O) groups excluding carboxylic acids is 1. The molecule has 0 aromatic heterocycles. The van der Waals surface area contributed by atoms with Gasteiger partial charge in [0.15, 0.2) is 0 Å². The molecule has 2 N–H and O–H groups in total. The quantitative estimate of drug-likeness (QED) is 0.663. The lowest BCUT2D eigenvalue weighted by molar-refractivity contribution is -0.137. The van der Waals surface area contributed by atoms with E-state index in [1.807, 2.05) is 30.3 Å². The third kappa shape index (κ3) is 6.84. The van der Waals surface area contributed by atoms with Crippen LogP contribution in [0.25, 0.3) is 0 Å². The number of rotatable bonds is 8. The summed E-state index contributed by atoms with van der Waals surface area (Å²) in [6.45, 7) is 0.116. The van der Waals surface area contributed by atoms with Crippen molar-refractivity contribution in [1.29, 1.82) is 0 Å². The normalized spacial score (nSPS) is 11.6. The van der Waals surface area contributed by atoms with Crippen LogP contribution in [0.3, 0.4) is 0 Å². The standard InChI is InChI=1S/C19H19BrFNO4/c20-16-8-6-14(11-17(16)21)10-15(7-9-18(23)24)22-19(25)26-12-13-4-2-1-3-5-13/h1-6,8,11,15H,7,9-10,12H2,(H,22,25)(H,23,24). The first-order chi connectivity index (χ1) is 12.4. The molecular formula is C19H19BrFNO4. The number of halogens is 2. The van der Waals surface area contributed by atoms with Gasteiger partial charge in [0.05, 0.1) is 4.47 Å². The van der Waals surface area contributed by atoms with Crippen LogP contribution in [-0.2, 0) is 22.6 Å². The van der Waals surface area contributed by atoms with Crippen LogP contribution in [-0.4, -0.2) is 23.2 Å². The number of carboxylic acid groups (broad SMARTS) is 1. The highest BCUT2D eigenvalue weighted by atomic mass is 79.9. The van der Waals surface area contributed by atoms with Gasteiger partial charge in [-0.15, -0.1) is 0 Å². The first kappa shape index (κ1) is 19.9. The van der Waals surface area contributed by atoms with Gasteiger partial charge in [-0.05, 0) is 52.0 Å². The summed E-state index contributed by atoms with van der Waals surface area (Å²) in [5, 5.41) is 11.6. The predicted octanol–water partition coefficient (Wildman–Crippen LogP) is 4.29. The summed E-state index contributed by atoms with van der Waals surface area (Å²) in [5.41, 5.74) is 1.50. The Labute approximate surface area is 159 Å². The summed E-state index contributed by atoms with van der Waals surface area (Å²) in [4.78, 5) is 22.9. The Morgan fingerprint density at radius 2 is 1.88 bits per heavy atom. The van der Waals surface area contributed by atoms with Crippen molar-refractivity contribution in [3.8, 4) is 0 Å². The van der Waals surface area contributed by atoms with Gasteiger partial charge < -0.3 is 15.2 Å². The first-order valence-electron chi connectivity index (χ1n) is 8.07. The number of alkyl carbamates (subject to hydrolysis) is 1. The average molecular weight is 424 g/mol. The number of ether oxygens (including phenoxy) is 1. The molecule has 0 aliphatic heterocycles. The van der Waals surface area contributed by atoms with E-state index in [0.717, 1.165) is 5.56 Å². The minimum Gasteiger partial charge on any atom is -0.481 e. The maximum Gasteiger partial charge on any atom is 0.407 e. The Hall–Kier alpha value is -2.41. The smallest absolute Gasteiger partial charge is 0.407 e. The minimum atomic E-state index is -0.962. The Morgan fingerprint density at radius 3 is 2.54 bits per heavy atom. The zero-order chi connectivity index (χ0) is 18.9. The van der Waals surface area contributed by atoms with E-state index in [0.29, 0.717) is 16.5 Å². The van der Waals surface area contributed by atoms with Gasteiger partial charge in [0.1, 0.15) is 12.4 Å². The van der Waals surface area contributed by atoms with Crippen molar-refractivity contribution in [3.05, 3.63) is 69.9 Å². The van der Waals surface area contributed by atoms with E-state index < -0.39 is 23.9 Å². The SMILES string of the molecule is O=C(O)CCC(Cc1ccc(Br)c(F)c1)NC(=O)OCc1ccccc1. The van der Waals surface area contributed by atoms with Crippen LogP contribution in [0.2, 0.25) is 0 Å². The highest BCUT2D eigenvalue weighted by Crippen LogP contribution is 2.18. The summed E-state index contributed by atoms with van der Waals surface area (Å²) in [6.07, 6.45) is -0.226. The van der Waals surface area contributed by atoms with Crippen LogP contribution >= 0.6 is 15.9 Å². The van der Waals surface area contributed by atoms with Crippen LogP contribution in [0.15, 0.2) is 53.0 Å². The summed E-state index contributed by atoms with van der Waals surface area (Å²) < 4.78 is 19.2. The first-order valence-corrected chi connectivity index (χ1v) is 8.86. The Morgan fingerprint density at radius 1 is 1.15 bits per heavy atom. The van der Waals surface area contributed by atoms with Gasteiger partial charge in [-0.25, -0.2) is 9.18 Å². The average Bonchev–Trinajstić information content (AvgIpc) is 2.62. The van der Waals surface area contributed by atoms with Crippen LogP contribution < -0.4 is 5.32 Å². The predicted molar refractivity (Wildman–Crippen MR) is 98.2 cm³/mol. The highest BCUT2D eigenvalue weighted by Gasteiger charge is 2.16. The zero-order valence-electron chi connectivity index (χ0n) is 14.0. The van der Waals surface area contributed by atoms with Crippen molar-refractivity contribution >= 4 is 28.0 Å². The van der Waals surface area contributed by atoms with Crippen molar-refractivity contribution in [2.45, 2.75) is 31.9 Å². The highest BCUT2D eigenvalue weighted by molar-refractivity contribution is 9.10. The number of hydrogen-bond donors (Lipinski definition) is 2. The fourth-order valence-electron chi connectivity index (χ4n) is 2.41. The molecule has 2 aromatic carbocycles. The van der Waals surface area contributed by atoms with E-state index in [1.54, 1.807) is 12.1 Å². The second-order valence-corrected chi connectivity index (χ2v) is 6.64. The topological polar surface area (TPSA) is 75.6 Å². The number of amides is 1. The number of carbonyl (C=O) groups is 2. The van der Waals surface area contributed by atoms with Gasteiger partial charge in [-0.2, -0.15) is 0 Å². The molecule has 0 heterocycles. The fourth-order valence-corrected chi connectivity index (χ4v) is 2.65. The van der Waals surface area contributed by atoms with E-state index in [9.17, 15) is 14.0 Å². The van der Waals surface area contributed by atoms with Crippen molar-refractivity contribution in [3.63, 3.8) is 0 Å². The molecule has 0 saturated heterocycles. The van der Waals surface area contributed by atoms with Crippen molar-refractivity contribution in [2.75, 3.05) is 0 Å². The number of benzene rings is 2. The molecule has 138 valence electrons. The lowest BCUT2D eigenvalue weighted by Gasteiger charge is -2.18. The molecule has 0 fully saturated rings. The van der Waals surface area contributed by atoms with Gasteiger partial charge in [0, 0.05) is 12.5 Å². The van der Waals surface area contributed by atoms with Crippen molar-refractivity contribution < 1.29 is 23.8 Å². The number of carboxylic acids is 1. The molecule has 2 aromatic rings. The summed E-state index contributed by atoms with van der Waals surface area (Å²) in [7, 11) is 0. The molecule has 26 heavy (non-hydrogen) atoms. The fraction of sp³-hybridized carbons (Fsp3) is 0.263. The van der Waals surface area contributed by atoms with E-state index >= 15 is 0 Å². The van der Waals surface area contributed by atoms with E-state index in [-0.39, 0.29) is 19.4 Å². The molecule has 1 unspecified atom stereocenters. The Kier molecular flexibility index (Phi) is 7.59. The molecule has 1 amide bonds. The second-order valence-electron chi connectivity index (χ2n) is 5.79. The Balaban J connectivity index is 1.95. The molecule has 0 spiro atoms. The molecule has 2 rings (SSSR count). The molecule has 0 bridgehead atoms. The lowest BCUT2D eigenvalue weighted by atomic mass is 10.0. The summed E-state index contributed by atoms with van der Waals surface area (Å²) in [5.74, 6) is -1.37. The maximum atomic E-state index is 13.7. The summed E-state index contributed by atoms with van der Waals surface area (Å²) in [6, 6.07) is 13.4. The maximum absolute atomic E-state index is 13.7. The van der Waals surface area contributed by atoms with E-state index in [1.165, 1.54) is 6.07 Å². The second kappa shape index (κ2) is 9.91. The van der Waals surface area contributed by atoms with Crippen LogP contribution in [0.1, 0.15) is 24.0 Å². The third-order valence-corrected chi connectivity index (χ3v) is 4.35. The van der Waals surface area contributed by atoms with E-state index in [4.69, 9.17) is 9.84 Å². The minimum absolute atomic E-state index is 0.108. The molecule has 0 aliphatic rings. The van der Waals surface area contributed by atoms with Gasteiger partial charge in [0.2, 0.25) is 0 Å². The monoisotopic (exact) mass is 423 g/mol. The lowest BCUT2D eigenvalue weighted by Crippen LogP contribution is -2.37. The molecular weight excluding hydrogens is 405 g/mol. The number of aliphatic carboxylic acids is 1. The van der Waals surface area contributed by atoms with E-state index in [2.05, 4.69) is 21.2 Å².